The van der Waals surface area contributed by atoms with E-state index in [0.717, 1.165) is 5.56 Å². The lowest BCUT2D eigenvalue weighted by atomic mass is 10.1. The van der Waals surface area contributed by atoms with Crippen LogP contribution in [0.4, 0.5) is 11.4 Å². The fourth-order valence-corrected chi connectivity index (χ4v) is 4.72. The van der Waals surface area contributed by atoms with Crippen LogP contribution < -0.4 is 15.4 Å². The normalized spacial score (nSPS) is 14.6. The number of morpholine rings is 1. The predicted molar refractivity (Wildman–Crippen MR) is 120 cm³/mol. The number of carbonyl (C=O) groups excluding carboxylic acids is 2. The highest BCUT2D eigenvalue weighted by Crippen LogP contribution is 2.28. The summed E-state index contributed by atoms with van der Waals surface area (Å²) in [5.41, 5.74) is 1.93. The first kappa shape index (κ1) is 23.7. The van der Waals surface area contributed by atoms with E-state index >= 15 is 0 Å². The first-order valence-electron chi connectivity index (χ1n) is 10.2. The molecule has 0 saturated carbocycles. The summed E-state index contributed by atoms with van der Waals surface area (Å²) in [6, 6.07) is 11.6. The molecule has 0 aliphatic carbocycles. The third-order valence-electron chi connectivity index (χ3n) is 4.97. The molecule has 0 radical (unpaired) electrons. The third-order valence-corrected chi connectivity index (χ3v) is 6.88. The molecule has 0 bridgehead atoms. The Morgan fingerprint density at radius 1 is 1.06 bits per heavy atom. The molecular formula is C22H27N3O6S. The highest BCUT2D eigenvalue weighted by Gasteiger charge is 2.26. The SMILES string of the molecule is COc1cc(NC(=O)CCc2ccc(S(=O)(=O)N3CCOCC3)cc2)ccc1NC(C)=O. The molecule has 1 aliphatic heterocycles. The van der Waals surface area contributed by atoms with Gasteiger partial charge in [-0.15, -0.1) is 0 Å². The van der Waals surface area contributed by atoms with Crippen molar-refractivity contribution in [2.45, 2.75) is 24.7 Å². The van der Waals surface area contributed by atoms with Gasteiger partial charge in [0.05, 0.1) is 30.9 Å². The molecule has 172 valence electrons. The van der Waals surface area contributed by atoms with E-state index in [0.29, 0.717) is 49.8 Å². The minimum atomic E-state index is -3.53. The second kappa shape index (κ2) is 10.6. The zero-order chi connectivity index (χ0) is 23.1. The van der Waals surface area contributed by atoms with Gasteiger partial charge in [0.1, 0.15) is 5.75 Å². The molecule has 1 aliphatic rings. The van der Waals surface area contributed by atoms with Gasteiger partial charge in [0.25, 0.3) is 0 Å². The Hall–Kier alpha value is -2.95. The standard InChI is InChI=1S/C22H27N3O6S/c1-16(26)23-20-9-6-18(15-21(20)30-2)24-22(27)10-5-17-3-7-19(8-4-17)32(28,29)25-11-13-31-14-12-25/h3-4,6-9,15H,5,10-14H2,1-2H3,(H,23,26)(H,24,27). The second-order valence-corrected chi connectivity index (χ2v) is 9.24. The van der Waals surface area contributed by atoms with Crippen LogP contribution in [0.25, 0.3) is 0 Å². The summed E-state index contributed by atoms with van der Waals surface area (Å²) in [6.45, 7) is 2.89. The lowest BCUT2D eigenvalue weighted by Crippen LogP contribution is -2.40. The number of hydrogen-bond donors (Lipinski definition) is 2. The number of methoxy groups -OCH3 is 1. The van der Waals surface area contributed by atoms with Crippen LogP contribution in [0.2, 0.25) is 0 Å². The van der Waals surface area contributed by atoms with Gasteiger partial charge in [-0.1, -0.05) is 12.1 Å². The number of anilines is 2. The molecule has 10 heteroatoms. The zero-order valence-electron chi connectivity index (χ0n) is 18.1. The maximum atomic E-state index is 12.7. The largest absolute Gasteiger partial charge is 0.494 e. The van der Waals surface area contributed by atoms with E-state index in [1.165, 1.54) is 18.3 Å². The van der Waals surface area contributed by atoms with Crippen molar-refractivity contribution in [3.63, 3.8) is 0 Å². The molecule has 1 fully saturated rings. The molecule has 1 saturated heterocycles. The van der Waals surface area contributed by atoms with Crippen LogP contribution >= 0.6 is 0 Å². The van der Waals surface area contributed by atoms with Crippen molar-refractivity contribution < 1.29 is 27.5 Å². The molecule has 2 amide bonds. The van der Waals surface area contributed by atoms with Gasteiger partial charge in [0, 0.05) is 38.2 Å². The average Bonchev–Trinajstić information content (AvgIpc) is 2.79. The number of hydrogen-bond acceptors (Lipinski definition) is 6. The van der Waals surface area contributed by atoms with Crippen molar-refractivity contribution in [3.8, 4) is 5.75 Å². The summed E-state index contributed by atoms with van der Waals surface area (Å²) in [5.74, 6) is 0.0308. The molecule has 0 atom stereocenters. The van der Waals surface area contributed by atoms with E-state index in [1.54, 1.807) is 42.5 Å². The fourth-order valence-electron chi connectivity index (χ4n) is 3.31. The minimum Gasteiger partial charge on any atom is -0.494 e. The maximum absolute atomic E-state index is 12.7. The molecule has 32 heavy (non-hydrogen) atoms. The van der Waals surface area contributed by atoms with Crippen molar-refractivity contribution in [3.05, 3.63) is 48.0 Å². The number of benzene rings is 2. The van der Waals surface area contributed by atoms with Gasteiger partial charge in [-0.05, 0) is 36.2 Å². The second-order valence-electron chi connectivity index (χ2n) is 7.30. The highest BCUT2D eigenvalue weighted by atomic mass is 32.2. The van der Waals surface area contributed by atoms with Crippen molar-refractivity contribution >= 4 is 33.2 Å². The van der Waals surface area contributed by atoms with Crippen LogP contribution in [-0.2, 0) is 30.8 Å². The first-order chi connectivity index (χ1) is 15.3. The molecule has 3 rings (SSSR count). The van der Waals surface area contributed by atoms with E-state index < -0.39 is 10.0 Å². The number of ether oxygens (including phenoxy) is 2. The Kier molecular flexibility index (Phi) is 7.84. The third kappa shape index (κ3) is 6.06. The Morgan fingerprint density at radius 3 is 2.38 bits per heavy atom. The van der Waals surface area contributed by atoms with E-state index in [9.17, 15) is 18.0 Å². The van der Waals surface area contributed by atoms with Crippen LogP contribution in [0.3, 0.4) is 0 Å². The van der Waals surface area contributed by atoms with E-state index in [1.807, 2.05) is 0 Å². The maximum Gasteiger partial charge on any atom is 0.243 e. The number of nitrogens with one attached hydrogen (secondary N) is 2. The highest BCUT2D eigenvalue weighted by molar-refractivity contribution is 7.89. The van der Waals surface area contributed by atoms with Gasteiger partial charge in [0.15, 0.2) is 0 Å². The van der Waals surface area contributed by atoms with Crippen molar-refractivity contribution in [1.82, 2.24) is 4.31 Å². The molecule has 0 unspecified atom stereocenters. The van der Waals surface area contributed by atoms with Crippen LogP contribution in [-0.4, -0.2) is 58.0 Å². The number of sulfonamides is 1. The molecule has 9 nitrogen and oxygen atoms in total. The van der Waals surface area contributed by atoms with Gasteiger partial charge >= 0.3 is 0 Å². The quantitative estimate of drug-likeness (QED) is 0.623. The van der Waals surface area contributed by atoms with Gasteiger partial charge in [-0.2, -0.15) is 4.31 Å². The summed E-state index contributed by atoms with van der Waals surface area (Å²) in [4.78, 5) is 23.8. The molecule has 0 spiro atoms. The monoisotopic (exact) mass is 461 g/mol. The van der Waals surface area contributed by atoms with E-state index in [4.69, 9.17) is 9.47 Å². The van der Waals surface area contributed by atoms with Crippen molar-refractivity contribution in [2.24, 2.45) is 0 Å². The number of nitrogens with zero attached hydrogens (tertiary/aromatic N) is 1. The summed E-state index contributed by atoms with van der Waals surface area (Å²) in [7, 11) is -2.05. The lowest BCUT2D eigenvalue weighted by Gasteiger charge is -2.26. The van der Waals surface area contributed by atoms with E-state index in [2.05, 4.69) is 10.6 Å². The first-order valence-corrected chi connectivity index (χ1v) is 11.7. The minimum absolute atomic E-state index is 0.190. The number of rotatable bonds is 8. The summed E-state index contributed by atoms with van der Waals surface area (Å²) < 4.78 is 37.2. The Bertz CT molecular complexity index is 1060. The lowest BCUT2D eigenvalue weighted by molar-refractivity contribution is -0.116. The van der Waals surface area contributed by atoms with Gasteiger partial charge in [-0.3, -0.25) is 9.59 Å². The smallest absolute Gasteiger partial charge is 0.243 e. The Labute approximate surface area is 187 Å². The number of aryl methyl sites for hydroxylation is 1. The molecular weight excluding hydrogens is 434 g/mol. The topological polar surface area (TPSA) is 114 Å². The van der Waals surface area contributed by atoms with E-state index in [-0.39, 0.29) is 23.1 Å². The molecule has 2 N–H and O–H groups in total. The molecule has 0 aromatic heterocycles. The number of amides is 2. The predicted octanol–water partition coefficient (Wildman–Crippen LogP) is 2.25. The van der Waals surface area contributed by atoms with Crippen molar-refractivity contribution in [1.29, 1.82) is 0 Å². The molecule has 1 heterocycles. The van der Waals surface area contributed by atoms with Gasteiger partial charge in [-0.25, -0.2) is 8.42 Å². The van der Waals surface area contributed by atoms with Crippen molar-refractivity contribution in [2.75, 3.05) is 44.0 Å². The van der Waals surface area contributed by atoms with Crippen LogP contribution in [0.1, 0.15) is 18.9 Å². The van der Waals surface area contributed by atoms with Crippen LogP contribution in [0.5, 0.6) is 5.75 Å². The fraction of sp³-hybridized carbons (Fsp3) is 0.364. The van der Waals surface area contributed by atoms with Gasteiger partial charge < -0.3 is 20.1 Å². The average molecular weight is 462 g/mol. The molecule has 2 aromatic rings. The summed E-state index contributed by atoms with van der Waals surface area (Å²) >= 11 is 0. The Morgan fingerprint density at radius 2 is 1.75 bits per heavy atom. The summed E-state index contributed by atoms with van der Waals surface area (Å²) in [6.07, 6.45) is 0.691. The molecule has 2 aromatic carbocycles. The van der Waals surface area contributed by atoms with Gasteiger partial charge in [0.2, 0.25) is 21.8 Å². The van der Waals surface area contributed by atoms with Crippen LogP contribution in [0.15, 0.2) is 47.4 Å². The zero-order valence-corrected chi connectivity index (χ0v) is 18.9. The Balaban J connectivity index is 1.56. The number of carbonyl (C=O) groups is 2. The summed E-state index contributed by atoms with van der Waals surface area (Å²) in [5, 5.41) is 5.46. The van der Waals surface area contributed by atoms with Crippen LogP contribution in [0, 0.1) is 0 Å².